The van der Waals surface area contributed by atoms with Gasteiger partial charge in [0.25, 0.3) is 0 Å². The molecule has 2 heterocycles. The van der Waals surface area contributed by atoms with Crippen LogP contribution in [0.2, 0.25) is 0 Å². The molecule has 0 fully saturated rings. The highest BCUT2D eigenvalue weighted by atomic mass is 32.1. The first-order valence-electron chi connectivity index (χ1n) is 9.82. The average molecular weight is 407 g/mol. The van der Waals surface area contributed by atoms with Crippen LogP contribution in [0, 0.1) is 13.8 Å². The number of nitrogens with zero attached hydrogens (tertiary/aromatic N) is 3. The van der Waals surface area contributed by atoms with E-state index in [2.05, 4.69) is 26.0 Å². The predicted octanol–water partition coefficient (Wildman–Crippen LogP) is 5.98. The van der Waals surface area contributed by atoms with Gasteiger partial charge in [-0.05, 0) is 25.5 Å². The van der Waals surface area contributed by atoms with E-state index in [0.29, 0.717) is 11.3 Å². The second kappa shape index (κ2) is 6.21. The van der Waals surface area contributed by atoms with Gasteiger partial charge < -0.3 is 0 Å². The summed E-state index contributed by atoms with van der Waals surface area (Å²) in [7, 11) is 0. The zero-order valence-corrected chi connectivity index (χ0v) is 17.3. The van der Waals surface area contributed by atoms with E-state index in [4.69, 9.17) is 10.1 Å². The van der Waals surface area contributed by atoms with Gasteiger partial charge in [0.05, 0.1) is 21.5 Å². The van der Waals surface area contributed by atoms with Gasteiger partial charge in [-0.25, -0.2) is 9.67 Å². The van der Waals surface area contributed by atoms with Crippen LogP contribution in [0.15, 0.2) is 66.7 Å². The van der Waals surface area contributed by atoms with Gasteiger partial charge in [-0.1, -0.05) is 77.6 Å². The second-order valence-electron chi connectivity index (χ2n) is 7.64. The first kappa shape index (κ1) is 17.3. The van der Waals surface area contributed by atoms with Crippen LogP contribution in [0.3, 0.4) is 0 Å². The van der Waals surface area contributed by atoms with E-state index >= 15 is 0 Å². The monoisotopic (exact) mass is 407 g/mol. The maximum atomic E-state index is 13.3. The summed E-state index contributed by atoms with van der Waals surface area (Å²) in [5.74, 6) is 0.0275. The average Bonchev–Trinajstić information content (AvgIpc) is 3.43. The summed E-state index contributed by atoms with van der Waals surface area (Å²) >= 11 is 1.60. The van der Waals surface area contributed by atoms with Crippen LogP contribution in [0.4, 0.5) is 0 Å². The van der Waals surface area contributed by atoms with Crippen molar-refractivity contribution in [1.82, 2.24) is 14.8 Å². The Labute approximate surface area is 177 Å². The van der Waals surface area contributed by atoms with Crippen molar-refractivity contribution in [3.8, 4) is 27.6 Å². The van der Waals surface area contributed by atoms with E-state index in [1.165, 1.54) is 5.56 Å². The zero-order chi connectivity index (χ0) is 20.4. The SMILES string of the molecule is Cc1ccc(-c2nn(-c3nc4c(C)cccc4s3)c3c2C(=O)c2ccccc2-3)cc1. The molecule has 5 heteroatoms. The molecule has 0 spiro atoms. The maximum absolute atomic E-state index is 13.3. The number of rotatable bonds is 2. The van der Waals surface area contributed by atoms with E-state index in [1.807, 2.05) is 59.3 Å². The number of hydrogen-bond donors (Lipinski definition) is 0. The molecule has 0 saturated carbocycles. The molecule has 0 N–H and O–H groups in total. The Morgan fingerprint density at radius 2 is 1.63 bits per heavy atom. The molecule has 0 bridgehead atoms. The van der Waals surface area contributed by atoms with Gasteiger partial charge in [0.15, 0.2) is 5.78 Å². The molecule has 3 aromatic carbocycles. The molecule has 2 aromatic heterocycles. The lowest BCUT2D eigenvalue weighted by atomic mass is 10.0. The fourth-order valence-corrected chi connectivity index (χ4v) is 5.12. The normalized spacial score (nSPS) is 12.4. The third kappa shape index (κ3) is 2.36. The molecule has 30 heavy (non-hydrogen) atoms. The number of ketones is 1. The van der Waals surface area contributed by atoms with Gasteiger partial charge in [-0.15, -0.1) is 0 Å². The van der Waals surface area contributed by atoms with Crippen LogP contribution in [0.1, 0.15) is 27.0 Å². The topological polar surface area (TPSA) is 47.8 Å². The number of hydrogen-bond acceptors (Lipinski definition) is 4. The molecule has 0 atom stereocenters. The Hall–Kier alpha value is -3.57. The molecule has 1 aliphatic carbocycles. The standard InChI is InChI=1S/C25H17N3OS/c1-14-10-12-16(13-11-14)22-20-23(17-7-3-4-8-18(17)24(20)29)28(27-22)25-26-21-15(2)6-5-9-19(21)30-25/h3-13H,1-2H3. The Balaban J connectivity index is 1.67. The molecule has 0 saturated heterocycles. The lowest BCUT2D eigenvalue weighted by Crippen LogP contribution is -2.00. The van der Waals surface area contributed by atoms with Crippen molar-refractivity contribution in [2.24, 2.45) is 0 Å². The number of thiazole rings is 1. The molecular formula is C25H17N3OS. The smallest absolute Gasteiger partial charge is 0.212 e. The lowest BCUT2D eigenvalue weighted by Gasteiger charge is -2.04. The van der Waals surface area contributed by atoms with Gasteiger partial charge >= 0.3 is 0 Å². The van der Waals surface area contributed by atoms with E-state index in [1.54, 1.807) is 11.3 Å². The summed E-state index contributed by atoms with van der Waals surface area (Å²) in [5, 5.41) is 5.70. The molecule has 1 aliphatic rings. The molecule has 0 unspecified atom stereocenters. The van der Waals surface area contributed by atoms with Crippen LogP contribution < -0.4 is 0 Å². The number of aryl methyl sites for hydroxylation is 2. The Kier molecular flexibility index (Phi) is 3.58. The summed E-state index contributed by atoms with van der Waals surface area (Å²) < 4.78 is 2.97. The summed E-state index contributed by atoms with van der Waals surface area (Å²) in [6.07, 6.45) is 0. The van der Waals surface area contributed by atoms with Crippen LogP contribution in [-0.2, 0) is 0 Å². The minimum atomic E-state index is 0.0275. The van der Waals surface area contributed by atoms with Crippen LogP contribution >= 0.6 is 11.3 Å². The van der Waals surface area contributed by atoms with Gasteiger partial charge in [-0.3, -0.25) is 4.79 Å². The summed E-state index contributed by atoms with van der Waals surface area (Å²) in [6, 6.07) is 22.1. The molecule has 4 nitrogen and oxygen atoms in total. The number of carbonyl (C=O) groups is 1. The first-order valence-corrected chi connectivity index (χ1v) is 10.6. The van der Waals surface area contributed by atoms with Gasteiger partial charge in [0.1, 0.15) is 5.69 Å². The first-order chi connectivity index (χ1) is 14.6. The Morgan fingerprint density at radius 3 is 2.40 bits per heavy atom. The molecule has 0 aliphatic heterocycles. The number of para-hydroxylation sites is 1. The minimum absolute atomic E-state index is 0.0275. The minimum Gasteiger partial charge on any atom is -0.288 e. The van der Waals surface area contributed by atoms with Crippen molar-refractivity contribution in [1.29, 1.82) is 0 Å². The molecule has 0 radical (unpaired) electrons. The van der Waals surface area contributed by atoms with Crippen molar-refractivity contribution in [3.63, 3.8) is 0 Å². The van der Waals surface area contributed by atoms with Crippen molar-refractivity contribution in [2.75, 3.05) is 0 Å². The Morgan fingerprint density at radius 1 is 0.867 bits per heavy atom. The molecule has 0 amide bonds. The third-order valence-corrected chi connectivity index (χ3v) is 6.65. The second-order valence-corrected chi connectivity index (χ2v) is 8.65. The number of fused-ring (bicyclic) bond motifs is 4. The van der Waals surface area contributed by atoms with E-state index in [9.17, 15) is 4.79 Å². The summed E-state index contributed by atoms with van der Waals surface area (Å²) in [5.41, 5.74) is 8.08. The Bertz CT molecular complexity index is 1470. The lowest BCUT2D eigenvalue weighted by molar-refractivity contribution is 0.104. The highest BCUT2D eigenvalue weighted by molar-refractivity contribution is 7.20. The maximum Gasteiger partial charge on any atom is 0.212 e. The van der Waals surface area contributed by atoms with Crippen molar-refractivity contribution in [3.05, 3.63) is 89.0 Å². The molecule has 5 aromatic rings. The fourth-order valence-electron chi connectivity index (χ4n) is 4.12. The number of aromatic nitrogens is 3. The van der Waals surface area contributed by atoms with Crippen molar-refractivity contribution < 1.29 is 4.79 Å². The number of benzene rings is 3. The zero-order valence-electron chi connectivity index (χ0n) is 16.5. The quantitative estimate of drug-likeness (QED) is 0.355. The van der Waals surface area contributed by atoms with E-state index in [-0.39, 0.29) is 5.78 Å². The van der Waals surface area contributed by atoms with Gasteiger partial charge in [0.2, 0.25) is 5.13 Å². The summed E-state index contributed by atoms with van der Waals surface area (Å²) in [6.45, 7) is 4.12. The predicted molar refractivity (Wildman–Crippen MR) is 121 cm³/mol. The highest BCUT2D eigenvalue weighted by Gasteiger charge is 2.35. The summed E-state index contributed by atoms with van der Waals surface area (Å²) in [4.78, 5) is 18.2. The van der Waals surface area contributed by atoms with Crippen molar-refractivity contribution >= 4 is 27.3 Å². The number of carbonyl (C=O) groups excluding carboxylic acids is 1. The van der Waals surface area contributed by atoms with Crippen LogP contribution in [0.25, 0.3) is 37.9 Å². The third-order valence-electron chi connectivity index (χ3n) is 5.65. The molecular weight excluding hydrogens is 390 g/mol. The van der Waals surface area contributed by atoms with Crippen molar-refractivity contribution in [2.45, 2.75) is 13.8 Å². The highest BCUT2D eigenvalue weighted by Crippen LogP contribution is 2.43. The van der Waals surface area contributed by atoms with Gasteiger partial charge in [-0.2, -0.15) is 5.10 Å². The molecule has 144 valence electrons. The van der Waals surface area contributed by atoms with Crippen LogP contribution in [0.5, 0.6) is 0 Å². The fraction of sp³-hybridized carbons (Fsp3) is 0.0800. The van der Waals surface area contributed by atoms with E-state index in [0.717, 1.165) is 43.3 Å². The van der Waals surface area contributed by atoms with Gasteiger partial charge in [0, 0.05) is 16.7 Å². The molecule has 6 rings (SSSR count). The van der Waals surface area contributed by atoms with Crippen LogP contribution in [-0.4, -0.2) is 20.5 Å². The largest absolute Gasteiger partial charge is 0.288 e. The van der Waals surface area contributed by atoms with E-state index < -0.39 is 0 Å².